The number of nitrogens with zero attached hydrogens (tertiary/aromatic N) is 1. The highest BCUT2D eigenvalue weighted by atomic mass is 79.9. The Balaban J connectivity index is 1.39. The largest absolute Gasteiger partial charge is 0.493 e. The first kappa shape index (κ1) is 22.2. The monoisotopic (exact) mass is 504 g/mol. The molecule has 2 saturated carbocycles. The number of hydrogen-bond acceptors (Lipinski definition) is 4. The maximum absolute atomic E-state index is 12.6. The van der Waals surface area contributed by atoms with Crippen LogP contribution >= 0.6 is 27.5 Å². The fourth-order valence-corrected chi connectivity index (χ4v) is 5.48. The van der Waals surface area contributed by atoms with E-state index >= 15 is 0 Å². The van der Waals surface area contributed by atoms with Gasteiger partial charge < -0.3 is 9.47 Å². The van der Waals surface area contributed by atoms with E-state index in [4.69, 9.17) is 21.1 Å². The van der Waals surface area contributed by atoms with Crippen LogP contribution in [0.5, 0.6) is 11.5 Å². The molecular weight excluding hydrogens is 480 g/mol. The zero-order chi connectivity index (χ0) is 22.0. The molecule has 5 nitrogen and oxygen atoms in total. The van der Waals surface area contributed by atoms with Gasteiger partial charge in [-0.2, -0.15) is 5.10 Å². The lowest BCUT2D eigenvalue weighted by atomic mass is 9.90. The number of nitrogens with one attached hydrogen (secondary N) is 1. The Kier molecular flexibility index (Phi) is 6.58. The van der Waals surface area contributed by atoms with E-state index in [1.54, 1.807) is 13.3 Å². The summed E-state index contributed by atoms with van der Waals surface area (Å²) in [6.45, 7) is 2.62. The van der Waals surface area contributed by atoms with Gasteiger partial charge in [-0.3, -0.25) is 4.79 Å². The first-order valence-electron chi connectivity index (χ1n) is 10.5. The molecule has 2 aromatic carbocycles. The van der Waals surface area contributed by atoms with Crippen LogP contribution in [-0.4, -0.2) is 19.2 Å². The molecule has 0 unspecified atom stereocenters. The lowest BCUT2D eigenvalue weighted by molar-refractivity contribution is -0.123. The molecule has 2 aromatic rings. The van der Waals surface area contributed by atoms with Gasteiger partial charge in [0.05, 0.1) is 17.8 Å². The topological polar surface area (TPSA) is 59.9 Å². The van der Waals surface area contributed by atoms with E-state index in [-0.39, 0.29) is 17.2 Å². The zero-order valence-corrected chi connectivity index (χ0v) is 20.0. The van der Waals surface area contributed by atoms with Crippen LogP contribution in [0, 0.1) is 17.3 Å². The highest BCUT2D eigenvalue weighted by Crippen LogP contribution is 2.66. The first-order chi connectivity index (χ1) is 14.9. The zero-order valence-electron chi connectivity index (χ0n) is 17.7. The summed E-state index contributed by atoms with van der Waals surface area (Å²) in [5.74, 6) is 1.82. The fraction of sp³-hybridized carbons (Fsp3) is 0.417. The van der Waals surface area contributed by atoms with Crippen molar-refractivity contribution in [2.75, 3.05) is 7.11 Å². The molecule has 4 rings (SSSR count). The highest BCUT2D eigenvalue weighted by Gasteiger charge is 2.64. The molecule has 0 bridgehead atoms. The van der Waals surface area contributed by atoms with Gasteiger partial charge in [-0.1, -0.05) is 43.5 Å². The first-order valence-corrected chi connectivity index (χ1v) is 11.7. The van der Waals surface area contributed by atoms with Crippen LogP contribution in [0.25, 0.3) is 0 Å². The summed E-state index contributed by atoms with van der Waals surface area (Å²) in [5.41, 5.74) is 4.70. The van der Waals surface area contributed by atoms with Gasteiger partial charge in [0.1, 0.15) is 6.61 Å². The Morgan fingerprint density at radius 1 is 1.32 bits per heavy atom. The van der Waals surface area contributed by atoms with E-state index in [2.05, 4.69) is 33.4 Å². The number of rotatable bonds is 7. The van der Waals surface area contributed by atoms with Crippen molar-refractivity contribution in [1.82, 2.24) is 5.43 Å². The van der Waals surface area contributed by atoms with Gasteiger partial charge in [0.25, 0.3) is 0 Å². The van der Waals surface area contributed by atoms with Gasteiger partial charge in [-0.05, 0) is 75.5 Å². The van der Waals surface area contributed by atoms with Crippen molar-refractivity contribution in [2.24, 2.45) is 22.4 Å². The molecule has 0 spiro atoms. The smallest absolute Gasteiger partial charge is 0.244 e. The summed E-state index contributed by atoms with van der Waals surface area (Å²) in [4.78, 5) is 12.6. The number of hydrazone groups is 1. The second kappa shape index (κ2) is 9.21. The summed E-state index contributed by atoms with van der Waals surface area (Å²) in [6.07, 6.45) is 6.37. The second-order valence-corrected chi connectivity index (χ2v) is 9.81. The molecule has 31 heavy (non-hydrogen) atoms. The number of hydrogen-bond donors (Lipinski definition) is 1. The molecule has 7 heteroatoms. The molecule has 2 fully saturated rings. The van der Waals surface area contributed by atoms with Crippen LogP contribution in [0.2, 0.25) is 5.02 Å². The average molecular weight is 506 g/mol. The fourth-order valence-electron chi connectivity index (χ4n) is 4.78. The number of carbonyl (C=O) groups excluding carboxylic acids is 1. The van der Waals surface area contributed by atoms with E-state index in [0.717, 1.165) is 28.4 Å². The maximum atomic E-state index is 12.6. The second-order valence-electron chi connectivity index (χ2n) is 8.52. The van der Waals surface area contributed by atoms with E-state index < -0.39 is 0 Å². The molecule has 0 heterocycles. The van der Waals surface area contributed by atoms with Gasteiger partial charge in [-0.25, -0.2) is 5.43 Å². The SMILES string of the molecule is COc1cc(/C=N\NC(=O)[C@@H]2[C@H]3CCCC[C@]32C)cc(Br)c1OCc1ccc(Cl)cc1. The number of benzene rings is 2. The number of methoxy groups -OCH3 is 1. The van der Waals surface area contributed by atoms with Crippen LogP contribution < -0.4 is 14.9 Å². The Bertz CT molecular complexity index is 995. The van der Waals surface area contributed by atoms with Crippen LogP contribution in [-0.2, 0) is 11.4 Å². The van der Waals surface area contributed by atoms with Crippen LogP contribution in [0.1, 0.15) is 43.7 Å². The normalized spacial score (nSPS) is 24.5. The Labute approximate surface area is 196 Å². The summed E-state index contributed by atoms with van der Waals surface area (Å²) in [6, 6.07) is 11.2. The minimum Gasteiger partial charge on any atom is -0.493 e. The predicted molar refractivity (Wildman–Crippen MR) is 126 cm³/mol. The third kappa shape index (κ3) is 4.75. The number of ether oxygens (including phenoxy) is 2. The standard InChI is InChI=1S/C24H26BrClN2O3/c1-24-10-4-3-5-18(24)21(24)23(29)28-27-13-16-11-19(25)22(20(12-16)30-2)31-14-15-6-8-17(26)9-7-15/h6-9,11-13,18,21H,3-5,10,14H2,1-2H3,(H,28,29)/b27-13-/t18-,21+,24-/m1/s1. The minimum atomic E-state index is 0.0274. The minimum absolute atomic E-state index is 0.0274. The Morgan fingerprint density at radius 2 is 2.10 bits per heavy atom. The molecule has 0 aromatic heterocycles. The number of amides is 1. The van der Waals surface area contributed by atoms with E-state index in [1.165, 1.54) is 12.8 Å². The van der Waals surface area contributed by atoms with Gasteiger partial charge in [0, 0.05) is 10.9 Å². The van der Waals surface area contributed by atoms with E-state index in [1.807, 2.05) is 36.4 Å². The van der Waals surface area contributed by atoms with Crippen molar-refractivity contribution in [1.29, 1.82) is 0 Å². The Morgan fingerprint density at radius 3 is 2.77 bits per heavy atom. The molecule has 2 aliphatic carbocycles. The van der Waals surface area contributed by atoms with Crippen molar-refractivity contribution in [3.8, 4) is 11.5 Å². The molecular formula is C24H26BrClN2O3. The predicted octanol–water partition coefficient (Wildman–Crippen LogP) is 5.97. The third-order valence-electron chi connectivity index (χ3n) is 6.55. The van der Waals surface area contributed by atoms with Crippen molar-refractivity contribution in [3.05, 3.63) is 57.0 Å². The number of fused-ring (bicyclic) bond motifs is 1. The summed E-state index contributed by atoms with van der Waals surface area (Å²) < 4.78 is 12.2. The number of carbonyl (C=O) groups is 1. The molecule has 1 N–H and O–H groups in total. The van der Waals surface area contributed by atoms with Crippen LogP contribution in [0.15, 0.2) is 46.0 Å². The van der Waals surface area contributed by atoms with E-state index in [9.17, 15) is 4.79 Å². The number of halogens is 2. The molecule has 0 radical (unpaired) electrons. The summed E-state index contributed by atoms with van der Waals surface area (Å²) in [7, 11) is 1.59. The van der Waals surface area contributed by atoms with Crippen molar-refractivity contribution in [2.45, 2.75) is 39.2 Å². The highest BCUT2D eigenvalue weighted by molar-refractivity contribution is 9.10. The van der Waals surface area contributed by atoms with Gasteiger partial charge >= 0.3 is 0 Å². The molecule has 1 amide bonds. The van der Waals surface area contributed by atoms with E-state index in [0.29, 0.717) is 29.0 Å². The third-order valence-corrected chi connectivity index (χ3v) is 7.39. The molecule has 164 valence electrons. The van der Waals surface area contributed by atoms with Crippen LogP contribution in [0.3, 0.4) is 0 Å². The van der Waals surface area contributed by atoms with Gasteiger partial charge in [0.15, 0.2) is 11.5 Å². The lowest BCUT2D eigenvalue weighted by Gasteiger charge is -2.15. The summed E-state index contributed by atoms with van der Waals surface area (Å²) in [5, 5.41) is 4.87. The van der Waals surface area contributed by atoms with Crippen LogP contribution in [0.4, 0.5) is 0 Å². The molecule has 3 atom stereocenters. The lowest BCUT2D eigenvalue weighted by Crippen LogP contribution is -2.22. The molecule has 0 saturated heterocycles. The van der Waals surface area contributed by atoms with Crippen molar-refractivity contribution in [3.63, 3.8) is 0 Å². The maximum Gasteiger partial charge on any atom is 0.244 e. The van der Waals surface area contributed by atoms with Gasteiger partial charge in [-0.15, -0.1) is 0 Å². The van der Waals surface area contributed by atoms with Gasteiger partial charge in [0.2, 0.25) is 5.91 Å². The quantitative estimate of drug-likeness (QED) is 0.373. The molecule has 0 aliphatic heterocycles. The molecule has 2 aliphatic rings. The Hall–Kier alpha value is -2.05. The van der Waals surface area contributed by atoms with Crippen molar-refractivity contribution >= 4 is 39.7 Å². The summed E-state index contributed by atoms with van der Waals surface area (Å²) >= 11 is 9.48. The van der Waals surface area contributed by atoms with Crippen molar-refractivity contribution < 1.29 is 14.3 Å². The average Bonchev–Trinajstić information content (AvgIpc) is 3.39.